The van der Waals surface area contributed by atoms with E-state index in [1.54, 1.807) is 12.1 Å². The highest BCUT2D eigenvalue weighted by molar-refractivity contribution is 5.67. The first-order chi connectivity index (χ1) is 11.3. The topological polar surface area (TPSA) is 50.9 Å². The zero-order chi connectivity index (χ0) is 17.3. The molecule has 0 aliphatic rings. The van der Waals surface area contributed by atoms with E-state index in [1.165, 1.54) is 47.1 Å². The van der Waals surface area contributed by atoms with Crippen LogP contribution in [0.15, 0.2) is 54.6 Å². The second-order valence-electron chi connectivity index (χ2n) is 4.88. The van der Waals surface area contributed by atoms with E-state index in [-0.39, 0.29) is 5.82 Å². The summed E-state index contributed by atoms with van der Waals surface area (Å²) in [6, 6.07) is 12.2. The largest absolute Gasteiger partial charge is 0.573 e. The van der Waals surface area contributed by atoms with E-state index in [0.717, 1.165) is 0 Å². The molecule has 4 nitrogen and oxygen atoms in total. The zero-order valence-electron chi connectivity index (χ0n) is 12.0. The Kier molecular flexibility index (Phi) is 3.88. The summed E-state index contributed by atoms with van der Waals surface area (Å²) in [5.74, 6) is -0.982. The predicted octanol–water partition coefficient (Wildman–Crippen LogP) is 5.26. The second kappa shape index (κ2) is 5.88. The number of aromatic nitrogens is 2. The van der Waals surface area contributed by atoms with Crippen LogP contribution in [0.3, 0.4) is 0 Å². The van der Waals surface area contributed by atoms with E-state index in [9.17, 15) is 17.6 Å². The van der Waals surface area contributed by atoms with E-state index < -0.39 is 17.9 Å². The fourth-order valence-electron chi connectivity index (χ4n) is 2.24. The monoisotopic (exact) mass is 336 g/mol. The van der Waals surface area contributed by atoms with Crippen molar-refractivity contribution in [3.8, 4) is 22.7 Å². The molecule has 0 radical (unpaired) electrons. The first kappa shape index (κ1) is 15.9. The maximum Gasteiger partial charge on any atom is 0.573 e. The van der Waals surface area contributed by atoms with Crippen LogP contribution in [-0.4, -0.2) is 16.1 Å². The Morgan fingerprint density at radius 2 is 1.75 bits per heavy atom. The number of rotatable bonds is 3. The van der Waals surface area contributed by atoms with Gasteiger partial charge < -0.3 is 20.3 Å². The Labute approximate surface area is 134 Å². The van der Waals surface area contributed by atoms with Gasteiger partial charge in [0.05, 0.1) is 5.69 Å². The molecule has 0 amide bonds. The molecule has 0 saturated carbocycles. The molecule has 1 heterocycles. The van der Waals surface area contributed by atoms with Crippen molar-refractivity contribution in [3.05, 3.63) is 66.1 Å². The summed E-state index contributed by atoms with van der Waals surface area (Å²) in [6.07, 6.45) is -4.80. The molecule has 2 aromatic carbocycles. The number of ether oxygens (including phenoxy) is 1. The summed E-state index contributed by atoms with van der Waals surface area (Å²) in [4.78, 5) is 0. The number of alkyl halides is 3. The fourth-order valence-corrected chi connectivity index (χ4v) is 2.24. The molecular formula is C16H10F4N3O-. The molecule has 3 rings (SSSR count). The molecule has 0 saturated heterocycles. The minimum Gasteiger partial charge on any atom is -0.481 e. The third-order valence-corrected chi connectivity index (χ3v) is 3.13. The van der Waals surface area contributed by atoms with Gasteiger partial charge in [0, 0.05) is 11.3 Å². The van der Waals surface area contributed by atoms with Crippen LogP contribution in [0.25, 0.3) is 22.7 Å². The Bertz CT molecular complexity index is 874. The normalized spacial score (nSPS) is 11.5. The number of nitrogens with one attached hydrogen (secondary N) is 1. The Morgan fingerprint density at radius 3 is 2.46 bits per heavy atom. The van der Waals surface area contributed by atoms with Crippen LogP contribution < -0.4 is 4.74 Å². The lowest BCUT2D eigenvalue weighted by Crippen LogP contribution is -2.17. The van der Waals surface area contributed by atoms with Gasteiger partial charge in [-0.05, 0) is 42.2 Å². The molecule has 0 aliphatic heterocycles. The van der Waals surface area contributed by atoms with Gasteiger partial charge in [-0.1, -0.05) is 18.2 Å². The van der Waals surface area contributed by atoms with Gasteiger partial charge in [0.25, 0.3) is 0 Å². The van der Waals surface area contributed by atoms with Crippen molar-refractivity contribution in [3.63, 3.8) is 0 Å². The number of hydrogen-bond donors (Lipinski definition) is 0. The first-order valence-corrected chi connectivity index (χ1v) is 6.76. The third kappa shape index (κ3) is 3.48. The maximum atomic E-state index is 13.4. The van der Waals surface area contributed by atoms with Crippen molar-refractivity contribution < 1.29 is 22.3 Å². The van der Waals surface area contributed by atoms with Crippen molar-refractivity contribution in [2.24, 2.45) is 0 Å². The van der Waals surface area contributed by atoms with E-state index in [0.29, 0.717) is 16.9 Å². The van der Waals surface area contributed by atoms with E-state index in [2.05, 4.69) is 9.84 Å². The molecule has 0 unspecified atom stereocenters. The molecule has 124 valence electrons. The van der Waals surface area contributed by atoms with Crippen molar-refractivity contribution in [2.45, 2.75) is 6.36 Å². The number of benzene rings is 2. The quantitative estimate of drug-likeness (QED) is 0.613. The van der Waals surface area contributed by atoms with Crippen LogP contribution in [0.2, 0.25) is 0 Å². The standard InChI is InChI=1S/C16H10F4N3O/c17-11-4-2-5-12(8-11)23-14(9-15(21)22-23)10-3-1-6-13(7-10)24-16(18,19)20/h1-9H,(H-,21,22)/q-1. The number of nitrogens with zero attached hydrogens (tertiary/aromatic N) is 2. The maximum absolute atomic E-state index is 13.4. The van der Waals surface area contributed by atoms with Gasteiger partial charge >= 0.3 is 6.36 Å². The minimum absolute atomic E-state index is 0.101. The fraction of sp³-hybridized carbons (Fsp3) is 0.0625. The van der Waals surface area contributed by atoms with Crippen molar-refractivity contribution in [1.82, 2.24) is 9.78 Å². The van der Waals surface area contributed by atoms with Crippen molar-refractivity contribution in [2.75, 3.05) is 0 Å². The highest BCUT2D eigenvalue weighted by atomic mass is 19.4. The van der Waals surface area contributed by atoms with Crippen LogP contribution in [0, 0.1) is 5.82 Å². The van der Waals surface area contributed by atoms with Gasteiger partial charge in [0.15, 0.2) is 0 Å². The van der Waals surface area contributed by atoms with E-state index in [4.69, 9.17) is 5.73 Å². The third-order valence-electron chi connectivity index (χ3n) is 3.13. The average molecular weight is 336 g/mol. The SMILES string of the molecule is [NH-]c1cc(-c2cccc(OC(F)(F)F)c2)n(-c2cccc(F)c2)n1. The molecular weight excluding hydrogens is 326 g/mol. The lowest BCUT2D eigenvalue weighted by molar-refractivity contribution is -0.274. The van der Waals surface area contributed by atoms with Gasteiger partial charge in [-0.25, -0.2) is 4.39 Å². The summed E-state index contributed by atoms with van der Waals surface area (Å²) in [5, 5.41) is 3.96. The summed E-state index contributed by atoms with van der Waals surface area (Å²) >= 11 is 0. The van der Waals surface area contributed by atoms with Gasteiger partial charge in [-0.15, -0.1) is 13.2 Å². The summed E-state index contributed by atoms with van der Waals surface area (Å²) in [5.41, 5.74) is 8.72. The average Bonchev–Trinajstić information content (AvgIpc) is 2.88. The molecule has 8 heteroatoms. The molecule has 24 heavy (non-hydrogen) atoms. The molecule has 0 fully saturated rings. The predicted molar refractivity (Wildman–Crippen MR) is 79.6 cm³/mol. The molecule has 1 aromatic heterocycles. The Hall–Kier alpha value is -3.03. The first-order valence-electron chi connectivity index (χ1n) is 6.76. The molecule has 3 aromatic rings. The van der Waals surface area contributed by atoms with Gasteiger partial charge in [0.2, 0.25) is 0 Å². The summed E-state index contributed by atoms with van der Waals surface area (Å²) in [6.45, 7) is 0. The molecule has 0 bridgehead atoms. The Balaban J connectivity index is 2.06. The van der Waals surface area contributed by atoms with Crippen molar-refractivity contribution >= 4 is 5.82 Å². The Morgan fingerprint density at radius 1 is 1.00 bits per heavy atom. The number of halogens is 4. The summed E-state index contributed by atoms with van der Waals surface area (Å²) < 4.78 is 55.7. The van der Waals surface area contributed by atoms with Gasteiger partial charge in [0.1, 0.15) is 11.6 Å². The zero-order valence-corrected chi connectivity index (χ0v) is 12.0. The molecule has 0 atom stereocenters. The highest BCUT2D eigenvalue weighted by Crippen LogP contribution is 2.31. The molecule has 1 N–H and O–H groups in total. The number of hydrogen-bond acceptors (Lipinski definition) is 2. The van der Waals surface area contributed by atoms with Crippen molar-refractivity contribution in [1.29, 1.82) is 0 Å². The minimum atomic E-state index is -4.80. The van der Waals surface area contributed by atoms with Crippen LogP contribution in [0.1, 0.15) is 0 Å². The van der Waals surface area contributed by atoms with Crippen LogP contribution >= 0.6 is 0 Å². The van der Waals surface area contributed by atoms with Gasteiger partial charge in [-0.2, -0.15) is 0 Å². The van der Waals surface area contributed by atoms with E-state index >= 15 is 0 Å². The van der Waals surface area contributed by atoms with Crippen LogP contribution in [-0.2, 0) is 0 Å². The molecule has 0 spiro atoms. The van der Waals surface area contributed by atoms with E-state index in [1.807, 2.05) is 0 Å². The molecule has 0 aliphatic carbocycles. The van der Waals surface area contributed by atoms with Gasteiger partial charge in [-0.3, -0.25) is 0 Å². The van der Waals surface area contributed by atoms with Crippen LogP contribution in [0.4, 0.5) is 23.4 Å². The second-order valence-corrected chi connectivity index (χ2v) is 4.88. The smallest absolute Gasteiger partial charge is 0.481 e. The lowest BCUT2D eigenvalue weighted by Gasteiger charge is -2.14. The highest BCUT2D eigenvalue weighted by Gasteiger charge is 2.31. The van der Waals surface area contributed by atoms with Crippen LogP contribution in [0.5, 0.6) is 5.75 Å². The lowest BCUT2D eigenvalue weighted by atomic mass is 10.1. The summed E-state index contributed by atoms with van der Waals surface area (Å²) in [7, 11) is 0.